The van der Waals surface area contributed by atoms with Crippen molar-refractivity contribution in [2.24, 2.45) is 10.7 Å². The second-order valence-electron chi connectivity index (χ2n) is 13.1. The highest BCUT2D eigenvalue weighted by Gasteiger charge is 2.23. The van der Waals surface area contributed by atoms with Crippen LogP contribution in [0.15, 0.2) is 16.6 Å². The molecule has 0 saturated carbocycles. The number of fused-ring (bicyclic) bond motifs is 1. The molecule has 1 aromatic heterocycles. The number of carboxylic acid groups (broad SMARTS) is 1. The van der Waals surface area contributed by atoms with Crippen molar-refractivity contribution in [2.75, 3.05) is 152 Å². The molecule has 0 bridgehead atoms. The van der Waals surface area contributed by atoms with Gasteiger partial charge in [0, 0.05) is 30.0 Å². The summed E-state index contributed by atoms with van der Waals surface area (Å²) >= 11 is 1.23. The van der Waals surface area contributed by atoms with Crippen LogP contribution < -0.4 is 15.2 Å². The lowest BCUT2D eigenvalue weighted by atomic mass is 10.1. The van der Waals surface area contributed by atoms with Crippen LogP contribution in [-0.2, 0) is 83.3 Å². The summed E-state index contributed by atoms with van der Waals surface area (Å²) in [6.07, 6.45) is 1.34. The zero-order valence-electron chi connectivity index (χ0n) is 36.9. The number of aliphatic carboxylic acids is 1. The van der Waals surface area contributed by atoms with Crippen molar-refractivity contribution >= 4 is 57.1 Å². The van der Waals surface area contributed by atoms with Crippen molar-refractivity contribution in [1.29, 1.82) is 0 Å². The number of aliphatic imine (C=N–C) groups is 1. The number of ether oxygens (including phenoxy) is 11. The second-order valence-corrected chi connectivity index (χ2v) is 15.7. The molecule has 0 atom stereocenters. The van der Waals surface area contributed by atoms with Crippen LogP contribution in [-0.4, -0.2) is 194 Å². The fourth-order valence-corrected chi connectivity index (χ4v) is 6.77. The van der Waals surface area contributed by atoms with Crippen molar-refractivity contribution in [3.05, 3.63) is 21.4 Å². The van der Waals surface area contributed by atoms with Gasteiger partial charge in [-0.1, -0.05) is 6.92 Å². The van der Waals surface area contributed by atoms with Crippen molar-refractivity contribution < 1.29 is 84.9 Å². The van der Waals surface area contributed by atoms with E-state index in [-0.39, 0.29) is 64.2 Å². The van der Waals surface area contributed by atoms with Crippen LogP contribution in [0.3, 0.4) is 0 Å². The zero-order valence-corrected chi connectivity index (χ0v) is 38.6. The third kappa shape index (κ3) is 29.2. The van der Waals surface area contributed by atoms with E-state index in [0.717, 1.165) is 0 Å². The largest absolute Gasteiger partial charge is 0.481 e. The Kier molecular flexibility index (Phi) is 32.6. The SMILES string of the molecule is CCCN(OCC)C(=O)C1=Cc2sc(CNS(=O)(=O)NC(=O)OCCOCCOCCOCCOCCOCCOCCOCCOCCOCCOCCC(=O)O)cc2N=C(N)C1. The van der Waals surface area contributed by atoms with Crippen LogP contribution in [0.25, 0.3) is 6.08 Å². The summed E-state index contributed by atoms with van der Waals surface area (Å²) in [4.78, 5) is 46.6. The van der Waals surface area contributed by atoms with Crippen molar-refractivity contribution in [2.45, 2.75) is 39.7 Å². The Morgan fingerprint density at radius 1 is 0.719 bits per heavy atom. The molecular formula is C39H67N5O18S2. The molecule has 0 aromatic carbocycles. The van der Waals surface area contributed by atoms with Gasteiger partial charge < -0.3 is 62.9 Å². The average Bonchev–Trinajstić information content (AvgIpc) is 3.56. The van der Waals surface area contributed by atoms with E-state index in [2.05, 4.69) is 9.71 Å². The van der Waals surface area contributed by atoms with Crippen LogP contribution in [0, 0.1) is 0 Å². The van der Waals surface area contributed by atoms with Crippen molar-refractivity contribution in [3.8, 4) is 0 Å². The number of nitrogens with zero attached hydrogens (tertiary/aromatic N) is 2. The normalized spacial score (nSPS) is 12.7. The molecule has 0 fully saturated rings. The van der Waals surface area contributed by atoms with Gasteiger partial charge in [0.2, 0.25) is 0 Å². The Labute approximate surface area is 379 Å². The number of hydrogen-bond donors (Lipinski definition) is 4. The van der Waals surface area contributed by atoms with Gasteiger partial charge in [-0.2, -0.15) is 13.1 Å². The summed E-state index contributed by atoms with van der Waals surface area (Å²) in [6, 6.07) is 1.66. The van der Waals surface area contributed by atoms with Crippen LogP contribution >= 0.6 is 11.3 Å². The number of carboxylic acids is 1. The Balaban J connectivity index is 1.35. The standard InChI is InChI=1S/C39H67N5O18S2/c1-3-6-44(62-4-2)38(47)32-28-35-34(42-36(40)29-32)30-33(63-35)31-41-64(49,50)43-39(48)61-27-26-60-25-24-59-23-22-58-21-20-57-19-18-56-17-16-55-15-14-54-13-12-53-11-10-52-9-8-51-7-5-37(45)46/h28,30,41H,3-27,29,31H2,1-2H3,(H2,40,42)(H,43,48)(H,45,46). The molecule has 0 unspecified atom stereocenters. The minimum Gasteiger partial charge on any atom is -0.481 e. The maximum absolute atomic E-state index is 13.1. The van der Waals surface area contributed by atoms with Crippen LogP contribution in [0.2, 0.25) is 0 Å². The van der Waals surface area contributed by atoms with E-state index in [4.69, 9.17) is 67.8 Å². The highest BCUT2D eigenvalue weighted by Crippen LogP contribution is 2.35. The first-order valence-electron chi connectivity index (χ1n) is 21.1. The number of hydroxylamine groups is 2. The van der Waals surface area contributed by atoms with Gasteiger partial charge >= 0.3 is 22.3 Å². The number of amides is 2. The van der Waals surface area contributed by atoms with Crippen LogP contribution in [0.1, 0.15) is 42.9 Å². The highest BCUT2D eigenvalue weighted by atomic mass is 32.2. The van der Waals surface area contributed by atoms with E-state index in [1.165, 1.54) is 16.4 Å². The molecule has 0 spiro atoms. The third-order valence-corrected chi connectivity index (χ3v) is 9.90. The van der Waals surface area contributed by atoms with E-state index < -0.39 is 22.3 Å². The first-order chi connectivity index (χ1) is 31.0. The Hall–Kier alpha value is -3.41. The number of thiophene rings is 1. The zero-order chi connectivity index (χ0) is 46.5. The molecule has 64 heavy (non-hydrogen) atoms. The van der Waals surface area contributed by atoms with Gasteiger partial charge in [0.15, 0.2) is 0 Å². The van der Waals surface area contributed by atoms with Crippen LogP contribution in [0.4, 0.5) is 10.5 Å². The lowest BCUT2D eigenvalue weighted by Crippen LogP contribution is -2.40. The maximum atomic E-state index is 13.1. The summed E-state index contributed by atoms with van der Waals surface area (Å²) in [7, 11) is -4.26. The molecule has 0 aliphatic carbocycles. The Bertz CT molecular complexity index is 1590. The molecule has 0 radical (unpaired) electrons. The number of amidine groups is 1. The fraction of sp³-hybridized carbons (Fsp3) is 0.744. The van der Waals surface area contributed by atoms with Gasteiger partial charge in [0.25, 0.3) is 5.91 Å². The smallest absolute Gasteiger partial charge is 0.421 e. The molecule has 5 N–H and O–H groups in total. The minimum atomic E-state index is -4.26. The summed E-state index contributed by atoms with van der Waals surface area (Å²) < 4.78 is 87.7. The number of hydrogen-bond acceptors (Lipinski definition) is 20. The summed E-state index contributed by atoms with van der Waals surface area (Å²) in [6.45, 7) is 11.5. The lowest BCUT2D eigenvalue weighted by molar-refractivity contribution is -0.180. The molecule has 368 valence electrons. The van der Waals surface area contributed by atoms with Crippen LogP contribution in [0.5, 0.6) is 0 Å². The van der Waals surface area contributed by atoms with Crippen molar-refractivity contribution in [3.63, 3.8) is 0 Å². The van der Waals surface area contributed by atoms with E-state index in [1.54, 1.807) is 23.8 Å². The topological polar surface area (TPSA) is 282 Å². The van der Waals surface area contributed by atoms with Gasteiger partial charge in [-0.15, -0.1) is 11.3 Å². The molecule has 1 aliphatic heterocycles. The molecule has 2 amide bonds. The fourth-order valence-electron chi connectivity index (χ4n) is 4.98. The quantitative estimate of drug-likeness (QED) is 0.0532. The molecular weight excluding hydrogens is 891 g/mol. The van der Waals surface area contributed by atoms with E-state index in [0.29, 0.717) is 146 Å². The number of nitrogens with one attached hydrogen (secondary N) is 2. The molecule has 2 rings (SSSR count). The molecule has 2 heterocycles. The summed E-state index contributed by atoms with van der Waals surface area (Å²) in [5.41, 5.74) is 6.98. The molecule has 0 saturated heterocycles. The maximum Gasteiger partial charge on any atom is 0.421 e. The second kappa shape index (κ2) is 36.8. The minimum absolute atomic E-state index is 0.0206. The Morgan fingerprint density at radius 2 is 1.16 bits per heavy atom. The third-order valence-electron chi connectivity index (χ3n) is 7.87. The van der Waals surface area contributed by atoms with E-state index >= 15 is 0 Å². The van der Waals surface area contributed by atoms with Gasteiger partial charge in [-0.05, 0) is 25.5 Å². The molecule has 23 nitrogen and oxygen atoms in total. The van der Waals surface area contributed by atoms with E-state index in [1.807, 2.05) is 6.92 Å². The highest BCUT2D eigenvalue weighted by molar-refractivity contribution is 7.88. The van der Waals surface area contributed by atoms with Gasteiger partial charge in [-0.3, -0.25) is 14.4 Å². The lowest BCUT2D eigenvalue weighted by Gasteiger charge is -2.21. The first-order valence-corrected chi connectivity index (χ1v) is 23.4. The first kappa shape index (κ1) is 56.7. The monoisotopic (exact) mass is 957 g/mol. The van der Waals surface area contributed by atoms with E-state index in [9.17, 15) is 22.8 Å². The van der Waals surface area contributed by atoms with Crippen molar-refractivity contribution in [1.82, 2.24) is 14.5 Å². The molecule has 1 aliphatic rings. The molecule has 1 aromatic rings. The predicted octanol–water partition coefficient (Wildman–Crippen LogP) is 1.42. The summed E-state index contributed by atoms with van der Waals surface area (Å²) in [5.74, 6) is -0.973. The predicted molar refractivity (Wildman–Crippen MR) is 233 cm³/mol. The Morgan fingerprint density at radius 3 is 1.58 bits per heavy atom. The summed E-state index contributed by atoms with van der Waals surface area (Å²) in [5, 5.41) is 9.81. The van der Waals surface area contributed by atoms with Gasteiger partial charge in [0.1, 0.15) is 12.4 Å². The average molecular weight is 958 g/mol. The number of carbonyl (C=O) groups excluding carboxylic acids is 2. The number of rotatable bonds is 42. The van der Waals surface area contributed by atoms with Gasteiger partial charge in [0.05, 0.1) is 156 Å². The molecule has 25 heteroatoms. The number of nitrogens with two attached hydrogens (primary N) is 1. The van der Waals surface area contributed by atoms with Gasteiger partial charge in [-0.25, -0.2) is 19.6 Å². The number of carbonyl (C=O) groups is 3.